The van der Waals surface area contributed by atoms with Gasteiger partial charge in [-0.2, -0.15) is 0 Å². The van der Waals surface area contributed by atoms with Gasteiger partial charge in [0.1, 0.15) is 11.8 Å². The molecule has 0 heterocycles. The van der Waals surface area contributed by atoms with Crippen LogP contribution >= 0.6 is 11.6 Å². The summed E-state index contributed by atoms with van der Waals surface area (Å²) in [6, 6.07) is 3.47. The van der Waals surface area contributed by atoms with E-state index in [0.29, 0.717) is 5.02 Å². The van der Waals surface area contributed by atoms with E-state index in [9.17, 15) is 9.59 Å². The van der Waals surface area contributed by atoms with Crippen molar-refractivity contribution in [2.75, 3.05) is 7.11 Å². The van der Waals surface area contributed by atoms with Gasteiger partial charge >= 0.3 is 5.97 Å². The lowest BCUT2D eigenvalue weighted by Crippen LogP contribution is -2.40. The number of carboxylic acid groups (broad SMARTS) is 1. The summed E-state index contributed by atoms with van der Waals surface area (Å²) in [5.41, 5.74) is 0.224. The van der Waals surface area contributed by atoms with Gasteiger partial charge in [-0.05, 0) is 24.6 Å². The van der Waals surface area contributed by atoms with Crippen LogP contribution in [0.25, 0.3) is 0 Å². The van der Waals surface area contributed by atoms with Crippen molar-refractivity contribution in [3.63, 3.8) is 0 Å². The first-order valence-corrected chi connectivity index (χ1v) is 5.85. The fourth-order valence-electron chi connectivity index (χ4n) is 1.48. The summed E-state index contributed by atoms with van der Waals surface area (Å²) in [6.07, 6.45) is 1.56. The number of carboxylic acids is 1. The van der Waals surface area contributed by atoms with Crippen molar-refractivity contribution in [1.29, 1.82) is 0 Å². The van der Waals surface area contributed by atoms with Crippen molar-refractivity contribution in [3.8, 4) is 5.75 Å². The molecule has 1 aromatic rings. The van der Waals surface area contributed by atoms with Gasteiger partial charge in [-0.1, -0.05) is 17.7 Å². The Morgan fingerprint density at radius 1 is 1.58 bits per heavy atom. The number of halogens is 1. The number of amides is 1. The highest BCUT2D eigenvalue weighted by Gasteiger charge is 2.21. The zero-order valence-corrected chi connectivity index (χ0v) is 11.1. The van der Waals surface area contributed by atoms with E-state index in [0.717, 1.165) is 0 Å². The molecule has 0 aromatic heterocycles. The highest BCUT2D eigenvalue weighted by Crippen LogP contribution is 2.23. The molecule has 0 bridgehead atoms. The van der Waals surface area contributed by atoms with Crippen LogP contribution in [0.2, 0.25) is 5.02 Å². The molecular weight excluding hydrogens is 270 g/mol. The van der Waals surface area contributed by atoms with E-state index in [2.05, 4.69) is 11.9 Å². The maximum atomic E-state index is 12.0. The van der Waals surface area contributed by atoms with E-state index in [1.165, 1.54) is 31.4 Å². The highest BCUT2D eigenvalue weighted by molar-refractivity contribution is 6.30. The van der Waals surface area contributed by atoms with Crippen LogP contribution < -0.4 is 10.1 Å². The molecule has 0 spiro atoms. The van der Waals surface area contributed by atoms with Crippen molar-refractivity contribution in [2.45, 2.75) is 12.5 Å². The summed E-state index contributed by atoms with van der Waals surface area (Å²) in [5.74, 6) is -1.38. The third kappa shape index (κ3) is 3.99. The molecule has 1 atom stereocenters. The van der Waals surface area contributed by atoms with Crippen molar-refractivity contribution < 1.29 is 19.4 Å². The molecule has 0 radical (unpaired) electrons. The van der Waals surface area contributed by atoms with Gasteiger partial charge in [0, 0.05) is 5.02 Å². The first-order valence-electron chi connectivity index (χ1n) is 5.47. The Morgan fingerprint density at radius 2 is 2.26 bits per heavy atom. The summed E-state index contributed by atoms with van der Waals surface area (Å²) in [5, 5.41) is 11.8. The molecule has 0 saturated carbocycles. The van der Waals surface area contributed by atoms with Gasteiger partial charge in [0.05, 0.1) is 12.7 Å². The predicted octanol–water partition coefficient (Wildman–Crippen LogP) is 2.11. The lowest BCUT2D eigenvalue weighted by atomic mass is 10.1. The number of aliphatic carboxylic acids is 1. The van der Waals surface area contributed by atoms with E-state index >= 15 is 0 Å². The molecule has 0 aliphatic rings. The molecule has 1 amide bonds. The van der Waals surface area contributed by atoms with Crippen LogP contribution in [0.4, 0.5) is 0 Å². The molecule has 102 valence electrons. The average Bonchev–Trinajstić information content (AvgIpc) is 2.37. The molecule has 0 aliphatic carbocycles. The van der Waals surface area contributed by atoms with Crippen molar-refractivity contribution in [1.82, 2.24) is 5.32 Å². The Balaban J connectivity index is 2.93. The quantitative estimate of drug-likeness (QED) is 0.784. The molecular formula is C13H14ClNO4. The Morgan fingerprint density at radius 3 is 2.79 bits per heavy atom. The molecule has 1 rings (SSSR count). The molecule has 1 aromatic carbocycles. The van der Waals surface area contributed by atoms with Crippen molar-refractivity contribution in [2.24, 2.45) is 0 Å². The first-order chi connectivity index (χ1) is 8.99. The first kappa shape index (κ1) is 15.0. The van der Waals surface area contributed by atoms with Crippen LogP contribution in [-0.2, 0) is 4.79 Å². The number of nitrogens with one attached hydrogen (secondary N) is 1. The highest BCUT2D eigenvalue weighted by atomic mass is 35.5. The number of methoxy groups -OCH3 is 1. The minimum atomic E-state index is -1.12. The molecule has 19 heavy (non-hydrogen) atoms. The van der Waals surface area contributed by atoms with E-state index in [1.807, 2.05) is 0 Å². The number of ether oxygens (including phenoxy) is 1. The summed E-state index contributed by atoms with van der Waals surface area (Å²) in [4.78, 5) is 22.9. The minimum absolute atomic E-state index is 0.136. The normalized spacial score (nSPS) is 11.5. The number of benzene rings is 1. The molecule has 1 unspecified atom stereocenters. The third-order valence-electron chi connectivity index (χ3n) is 2.41. The largest absolute Gasteiger partial charge is 0.496 e. The average molecular weight is 284 g/mol. The second kappa shape index (κ2) is 6.80. The van der Waals surface area contributed by atoms with Crippen LogP contribution in [0.3, 0.4) is 0 Å². The standard InChI is InChI=1S/C13H14ClNO4/c1-3-4-10(13(17)18)15-12(16)9-6-5-8(14)7-11(9)19-2/h3,5-7,10H,1,4H2,2H3,(H,15,16)(H,17,18). The van der Waals surface area contributed by atoms with Gasteiger partial charge in [0.25, 0.3) is 5.91 Å². The summed E-state index contributed by atoms with van der Waals surface area (Å²) in [7, 11) is 1.40. The lowest BCUT2D eigenvalue weighted by Gasteiger charge is -2.14. The Hall–Kier alpha value is -2.01. The Kier molecular flexibility index (Phi) is 5.38. The second-order valence-electron chi connectivity index (χ2n) is 3.73. The summed E-state index contributed by atoms with van der Waals surface area (Å²) >= 11 is 5.79. The van der Waals surface area contributed by atoms with Gasteiger partial charge < -0.3 is 15.2 Å². The lowest BCUT2D eigenvalue weighted by molar-refractivity contribution is -0.139. The minimum Gasteiger partial charge on any atom is -0.496 e. The Bertz CT molecular complexity index is 501. The fourth-order valence-corrected chi connectivity index (χ4v) is 1.64. The van der Waals surface area contributed by atoms with E-state index in [-0.39, 0.29) is 17.7 Å². The maximum Gasteiger partial charge on any atom is 0.326 e. The molecule has 0 aliphatic heterocycles. The van der Waals surface area contributed by atoms with E-state index < -0.39 is 17.9 Å². The number of hydrogen-bond acceptors (Lipinski definition) is 3. The van der Waals surface area contributed by atoms with Crippen LogP contribution in [0.5, 0.6) is 5.75 Å². The van der Waals surface area contributed by atoms with Crippen molar-refractivity contribution in [3.05, 3.63) is 41.4 Å². The number of carbonyl (C=O) groups excluding carboxylic acids is 1. The van der Waals surface area contributed by atoms with Gasteiger partial charge in [-0.3, -0.25) is 4.79 Å². The van der Waals surface area contributed by atoms with Crippen LogP contribution in [0.1, 0.15) is 16.8 Å². The van der Waals surface area contributed by atoms with Crippen LogP contribution in [0, 0.1) is 0 Å². The van der Waals surface area contributed by atoms with Gasteiger partial charge in [0.15, 0.2) is 0 Å². The summed E-state index contributed by atoms with van der Waals surface area (Å²) in [6.45, 7) is 3.45. The number of hydrogen-bond donors (Lipinski definition) is 2. The van der Waals surface area contributed by atoms with E-state index in [4.69, 9.17) is 21.4 Å². The van der Waals surface area contributed by atoms with Crippen molar-refractivity contribution >= 4 is 23.5 Å². The topological polar surface area (TPSA) is 75.6 Å². The van der Waals surface area contributed by atoms with Gasteiger partial charge in [-0.15, -0.1) is 6.58 Å². The predicted molar refractivity (Wildman–Crippen MR) is 71.7 cm³/mol. The molecule has 0 saturated heterocycles. The molecule has 0 fully saturated rings. The van der Waals surface area contributed by atoms with Gasteiger partial charge in [0.2, 0.25) is 0 Å². The van der Waals surface area contributed by atoms with E-state index in [1.54, 1.807) is 0 Å². The second-order valence-corrected chi connectivity index (χ2v) is 4.17. The smallest absolute Gasteiger partial charge is 0.326 e. The molecule has 2 N–H and O–H groups in total. The monoisotopic (exact) mass is 283 g/mol. The summed E-state index contributed by atoms with van der Waals surface area (Å²) < 4.78 is 5.04. The maximum absolute atomic E-state index is 12.0. The zero-order valence-electron chi connectivity index (χ0n) is 10.4. The van der Waals surface area contributed by atoms with Gasteiger partial charge in [-0.25, -0.2) is 4.79 Å². The number of carbonyl (C=O) groups is 2. The Labute approximate surface area is 115 Å². The SMILES string of the molecule is C=CCC(NC(=O)c1ccc(Cl)cc1OC)C(=O)O. The fraction of sp³-hybridized carbons (Fsp3) is 0.231. The van der Waals surface area contributed by atoms with Crippen LogP contribution in [0.15, 0.2) is 30.9 Å². The third-order valence-corrected chi connectivity index (χ3v) is 2.65. The molecule has 6 heteroatoms. The number of rotatable bonds is 6. The molecule has 5 nitrogen and oxygen atoms in total. The zero-order chi connectivity index (χ0) is 14.4. The van der Waals surface area contributed by atoms with Crippen LogP contribution in [-0.4, -0.2) is 30.1 Å².